The Balaban J connectivity index is 0.000000121. The summed E-state index contributed by atoms with van der Waals surface area (Å²) in [4.78, 5) is 0. The molecule has 2 aromatic rings. The van der Waals surface area contributed by atoms with Gasteiger partial charge >= 0.3 is 0 Å². The first-order chi connectivity index (χ1) is 9.72. The molecule has 4 rings (SSSR count). The van der Waals surface area contributed by atoms with Crippen molar-refractivity contribution in [1.82, 2.24) is 0 Å². The van der Waals surface area contributed by atoms with Crippen molar-refractivity contribution in [2.75, 3.05) is 35.2 Å². The molecule has 0 atom stereocenters. The highest BCUT2D eigenvalue weighted by Gasteiger charge is 2.08. The summed E-state index contributed by atoms with van der Waals surface area (Å²) in [5, 5.41) is 6.54. The molecule has 0 saturated carbocycles. The maximum atomic E-state index is 5.60. The third kappa shape index (κ3) is 2.64. The highest BCUT2D eigenvalue weighted by atomic mass is 14.9. The van der Waals surface area contributed by atoms with Gasteiger partial charge in [0.25, 0.3) is 0 Å². The van der Waals surface area contributed by atoms with E-state index in [4.69, 9.17) is 11.5 Å². The molecule has 0 unspecified atom stereocenters. The van der Waals surface area contributed by atoms with E-state index in [0.717, 1.165) is 37.3 Å². The summed E-state index contributed by atoms with van der Waals surface area (Å²) >= 11 is 0. The second-order valence-corrected chi connectivity index (χ2v) is 5.19. The van der Waals surface area contributed by atoms with Crippen molar-refractivity contribution >= 4 is 22.7 Å². The van der Waals surface area contributed by atoms with E-state index in [0.29, 0.717) is 0 Å². The number of anilines is 4. The van der Waals surface area contributed by atoms with Gasteiger partial charge in [-0.3, -0.25) is 0 Å². The predicted molar refractivity (Wildman–Crippen MR) is 86.1 cm³/mol. The van der Waals surface area contributed by atoms with Crippen LogP contribution < -0.4 is 22.1 Å². The molecule has 0 spiro atoms. The number of hydrogen-bond acceptors (Lipinski definition) is 4. The zero-order valence-corrected chi connectivity index (χ0v) is 11.4. The van der Waals surface area contributed by atoms with Crippen LogP contribution >= 0.6 is 0 Å². The van der Waals surface area contributed by atoms with Crippen LogP contribution in [0.3, 0.4) is 0 Å². The lowest BCUT2D eigenvalue weighted by Gasteiger charge is -1.98. The molecule has 4 nitrogen and oxygen atoms in total. The summed E-state index contributed by atoms with van der Waals surface area (Å²) in [7, 11) is 0. The van der Waals surface area contributed by atoms with Crippen LogP contribution in [0.4, 0.5) is 22.7 Å². The number of nitrogens with one attached hydrogen (secondary N) is 2. The minimum atomic E-state index is 0.863. The Bertz CT molecular complexity index is 566. The first-order valence-corrected chi connectivity index (χ1v) is 6.97. The van der Waals surface area contributed by atoms with E-state index in [-0.39, 0.29) is 0 Å². The zero-order chi connectivity index (χ0) is 13.9. The summed E-state index contributed by atoms with van der Waals surface area (Å²) in [6.45, 7) is 2.11. The van der Waals surface area contributed by atoms with Gasteiger partial charge < -0.3 is 22.1 Å². The fourth-order valence-electron chi connectivity index (χ4n) is 2.65. The molecule has 0 aromatic heterocycles. The zero-order valence-electron chi connectivity index (χ0n) is 11.4. The van der Waals surface area contributed by atoms with Crippen LogP contribution in [0.1, 0.15) is 11.1 Å². The fraction of sp³-hybridized carbons (Fsp3) is 0.250. The second kappa shape index (κ2) is 5.33. The predicted octanol–water partition coefficient (Wildman–Crippen LogP) is 2.47. The van der Waals surface area contributed by atoms with Crippen LogP contribution in [0.5, 0.6) is 0 Å². The van der Waals surface area contributed by atoms with E-state index < -0.39 is 0 Å². The molecule has 0 radical (unpaired) electrons. The maximum absolute atomic E-state index is 5.60. The van der Waals surface area contributed by atoms with Crippen molar-refractivity contribution in [2.45, 2.75) is 12.8 Å². The topological polar surface area (TPSA) is 76.1 Å². The van der Waals surface area contributed by atoms with Crippen LogP contribution in [0.2, 0.25) is 0 Å². The molecule has 2 aliphatic heterocycles. The van der Waals surface area contributed by atoms with Gasteiger partial charge in [0, 0.05) is 35.8 Å². The lowest BCUT2D eigenvalue weighted by atomic mass is 10.1. The molecule has 0 saturated heterocycles. The SMILES string of the molecule is Nc1ccc2c(c1)CCN2.Nc1ccc2c(c1)CCN2. The lowest BCUT2D eigenvalue weighted by molar-refractivity contribution is 1.11. The average molecular weight is 268 g/mol. The molecule has 0 bridgehead atoms. The second-order valence-electron chi connectivity index (χ2n) is 5.19. The van der Waals surface area contributed by atoms with Crippen LogP contribution in [0.15, 0.2) is 36.4 Å². The van der Waals surface area contributed by atoms with Gasteiger partial charge in [-0.15, -0.1) is 0 Å². The van der Waals surface area contributed by atoms with Gasteiger partial charge in [0.05, 0.1) is 0 Å². The van der Waals surface area contributed by atoms with Gasteiger partial charge in [0.15, 0.2) is 0 Å². The Kier molecular flexibility index (Phi) is 3.37. The first kappa shape index (κ1) is 12.7. The van der Waals surface area contributed by atoms with Gasteiger partial charge in [-0.05, 0) is 60.4 Å². The molecular formula is C16H20N4. The monoisotopic (exact) mass is 268 g/mol. The van der Waals surface area contributed by atoms with Crippen molar-refractivity contribution < 1.29 is 0 Å². The number of benzene rings is 2. The van der Waals surface area contributed by atoms with E-state index in [9.17, 15) is 0 Å². The third-order valence-corrected chi connectivity index (χ3v) is 3.68. The van der Waals surface area contributed by atoms with E-state index >= 15 is 0 Å². The highest BCUT2D eigenvalue weighted by molar-refractivity contribution is 5.61. The molecule has 2 aliphatic rings. The maximum Gasteiger partial charge on any atom is 0.0375 e. The molecule has 2 heterocycles. The van der Waals surface area contributed by atoms with Gasteiger partial charge in [-0.25, -0.2) is 0 Å². The lowest BCUT2D eigenvalue weighted by Crippen LogP contribution is -1.90. The molecule has 2 aromatic carbocycles. The largest absolute Gasteiger partial charge is 0.399 e. The number of nitrogen functional groups attached to an aromatic ring is 2. The summed E-state index contributed by atoms with van der Waals surface area (Å²) in [5.41, 5.74) is 18.1. The van der Waals surface area contributed by atoms with Crippen LogP contribution in [0.25, 0.3) is 0 Å². The summed E-state index contributed by atoms with van der Waals surface area (Å²) in [6.07, 6.45) is 2.22. The van der Waals surface area contributed by atoms with Crippen LogP contribution in [-0.2, 0) is 12.8 Å². The molecule has 0 aliphatic carbocycles. The number of fused-ring (bicyclic) bond motifs is 2. The minimum absolute atomic E-state index is 0.863. The van der Waals surface area contributed by atoms with Crippen molar-refractivity contribution in [1.29, 1.82) is 0 Å². The van der Waals surface area contributed by atoms with Gasteiger partial charge in [0.2, 0.25) is 0 Å². The Hall–Kier alpha value is -2.36. The number of hydrogen-bond donors (Lipinski definition) is 4. The average Bonchev–Trinajstić information content (AvgIpc) is 3.06. The summed E-state index contributed by atoms with van der Waals surface area (Å²) in [5.74, 6) is 0. The third-order valence-electron chi connectivity index (χ3n) is 3.68. The summed E-state index contributed by atoms with van der Waals surface area (Å²) in [6, 6.07) is 12.0. The highest BCUT2D eigenvalue weighted by Crippen LogP contribution is 2.24. The number of nitrogens with two attached hydrogens (primary N) is 2. The van der Waals surface area contributed by atoms with E-state index in [2.05, 4.69) is 10.6 Å². The van der Waals surface area contributed by atoms with Crippen molar-refractivity contribution in [3.8, 4) is 0 Å². The van der Waals surface area contributed by atoms with Gasteiger partial charge in [-0.2, -0.15) is 0 Å². The number of rotatable bonds is 0. The van der Waals surface area contributed by atoms with Crippen molar-refractivity contribution in [2.24, 2.45) is 0 Å². The van der Waals surface area contributed by atoms with E-state index in [1.807, 2.05) is 36.4 Å². The Morgan fingerprint density at radius 3 is 1.60 bits per heavy atom. The van der Waals surface area contributed by atoms with Gasteiger partial charge in [-0.1, -0.05) is 0 Å². The van der Waals surface area contributed by atoms with Crippen molar-refractivity contribution in [3.63, 3.8) is 0 Å². The molecule has 0 fully saturated rings. The van der Waals surface area contributed by atoms with Crippen LogP contribution in [0, 0.1) is 0 Å². The smallest absolute Gasteiger partial charge is 0.0375 e. The van der Waals surface area contributed by atoms with Gasteiger partial charge in [0.1, 0.15) is 0 Å². The molecular weight excluding hydrogens is 248 g/mol. The minimum Gasteiger partial charge on any atom is -0.399 e. The first-order valence-electron chi connectivity index (χ1n) is 6.97. The fourth-order valence-corrected chi connectivity index (χ4v) is 2.65. The van der Waals surface area contributed by atoms with E-state index in [1.165, 1.54) is 22.5 Å². The molecule has 4 heteroatoms. The molecule has 20 heavy (non-hydrogen) atoms. The van der Waals surface area contributed by atoms with E-state index in [1.54, 1.807) is 0 Å². The summed E-state index contributed by atoms with van der Waals surface area (Å²) < 4.78 is 0. The van der Waals surface area contributed by atoms with Crippen LogP contribution in [-0.4, -0.2) is 13.1 Å². The Morgan fingerprint density at radius 2 is 1.15 bits per heavy atom. The standard InChI is InChI=1S/2C8H10N2/c2*9-7-1-2-8-6(5-7)3-4-10-8/h2*1-2,5,10H,3-4,9H2. The quantitative estimate of drug-likeness (QED) is 0.554. The molecule has 104 valence electrons. The Labute approximate surface area is 119 Å². The van der Waals surface area contributed by atoms with Crippen molar-refractivity contribution in [3.05, 3.63) is 47.5 Å². The molecule has 6 N–H and O–H groups in total. The normalized spacial score (nSPS) is 14.4. The Morgan fingerprint density at radius 1 is 0.700 bits per heavy atom. The molecule has 0 amide bonds.